The van der Waals surface area contributed by atoms with Gasteiger partial charge in [-0.1, -0.05) is 47.5 Å². The summed E-state index contributed by atoms with van der Waals surface area (Å²) in [5.74, 6) is -1.37. The summed E-state index contributed by atoms with van der Waals surface area (Å²) in [4.78, 5) is 34.7. The number of imide groups is 1. The van der Waals surface area contributed by atoms with Crippen molar-refractivity contribution in [3.05, 3.63) is 81.0 Å². The van der Waals surface area contributed by atoms with Crippen molar-refractivity contribution in [1.82, 2.24) is 0 Å². The van der Waals surface area contributed by atoms with Crippen LogP contribution in [0.2, 0.25) is 10.0 Å². The zero-order valence-corrected chi connectivity index (χ0v) is 17.2. The molecule has 8 heteroatoms. The number of hydrogen-bond acceptors (Lipinski definition) is 5. The maximum atomic E-state index is 13.4. The lowest BCUT2D eigenvalue weighted by molar-refractivity contribution is -0.126. The highest BCUT2D eigenvalue weighted by Crippen LogP contribution is 2.48. The quantitative estimate of drug-likeness (QED) is 0.526. The molecule has 0 bridgehead atoms. The first-order valence-electron chi connectivity index (χ1n) is 8.93. The zero-order valence-electron chi connectivity index (χ0n) is 14.9. The average Bonchev–Trinajstić information content (AvgIpc) is 3.43. The van der Waals surface area contributed by atoms with Crippen LogP contribution in [0.5, 0.6) is 0 Å². The minimum absolute atomic E-state index is 0.281. The molecule has 3 atom stereocenters. The summed E-state index contributed by atoms with van der Waals surface area (Å²) in [6, 6.07) is 17.7. The van der Waals surface area contributed by atoms with E-state index < -0.39 is 24.0 Å². The predicted molar refractivity (Wildman–Crippen MR) is 113 cm³/mol. The Bertz CT molecular complexity index is 1090. The third-order valence-corrected chi connectivity index (χ3v) is 6.80. The van der Waals surface area contributed by atoms with Crippen LogP contribution in [-0.4, -0.2) is 17.9 Å². The van der Waals surface area contributed by atoms with Gasteiger partial charge < -0.3 is 0 Å². The van der Waals surface area contributed by atoms with Gasteiger partial charge in [0.1, 0.15) is 12.0 Å². The van der Waals surface area contributed by atoms with Gasteiger partial charge in [-0.3, -0.25) is 14.4 Å². The van der Waals surface area contributed by atoms with E-state index in [9.17, 15) is 9.59 Å². The molecule has 0 spiro atoms. The molecule has 146 valence electrons. The Labute approximate surface area is 181 Å². The Kier molecular flexibility index (Phi) is 4.59. The van der Waals surface area contributed by atoms with Gasteiger partial charge in [0, 0.05) is 4.88 Å². The van der Waals surface area contributed by atoms with Crippen molar-refractivity contribution in [3.8, 4) is 0 Å². The van der Waals surface area contributed by atoms with Crippen LogP contribution < -0.4 is 9.96 Å². The Morgan fingerprint density at radius 1 is 0.862 bits per heavy atom. The number of para-hydroxylation sites is 1. The second-order valence-corrected chi connectivity index (χ2v) is 8.58. The lowest BCUT2D eigenvalue weighted by atomic mass is 9.95. The molecule has 3 heterocycles. The molecule has 1 aromatic heterocycles. The number of anilines is 2. The van der Waals surface area contributed by atoms with E-state index in [-0.39, 0.29) is 10.9 Å². The Hall–Kier alpha value is -2.38. The fourth-order valence-electron chi connectivity index (χ4n) is 3.84. The minimum atomic E-state index is -0.899. The molecule has 3 aromatic rings. The van der Waals surface area contributed by atoms with Gasteiger partial charge in [-0.05, 0) is 41.8 Å². The molecule has 5 rings (SSSR count). The molecular weight excluding hydrogens is 431 g/mol. The first kappa shape index (κ1) is 18.6. The highest BCUT2D eigenvalue weighted by atomic mass is 35.5. The van der Waals surface area contributed by atoms with E-state index in [1.165, 1.54) is 17.4 Å². The third kappa shape index (κ3) is 2.95. The number of carbonyl (C=O) groups excluding carboxylic acids is 2. The van der Waals surface area contributed by atoms with Crippen molar-refractivity contribution in [2.24, 2.45) is 5.92 Å². The van der Waals surface area contributed by atoms with Gasteiger partial charge in [0.2, 0.25) is 5.91 Å². The Balaban J connectivity index is 1.57. The number of thiophene rings is 1. The minimum Gasteiger partial charge on any atom is -0.273 e. The van der Waals surface area contributed by atoms with Crippen molar-refractivity contribution in [2.75, 3.05) is 9.96 Å². The van der Waals surface area contributed by atoms with Crippen LogP contribution in [0.1, 0.15) is 10.9 Å². The van der Waals surface area contributed by atoms with E-state index in [4.69, 9.17) is 28.0 Å². The van der Waals surface area contributed by atoms with Gasteiger partial charge in [0.05, 0.1) is 21.4 Å². The second kappa shape index (κ2) is 7.15. The van der Waals surface area contributed by atoms with Crippen LogP contribution >= 0.6 is 34.5 Å². The SMILES string of the molecule is O=C1[C@H]2[C@@H](c3cccs3)N(c3ccccc3)O[C@H]2C(=O)N1c1ccc(Cl)c(Cl)c1. The summed E-state index contributed by atoms with van der Waals surface area (Å²) in [5, 5.41) is 4.27. The van der Waals surface area contributed by atoms with Gasteiger partial charge in [-0.15, -0.1) is 11.3 Å². The van der Waals surface area contributed by atoms with E-state index >= 15 is 0 Å². The van der Waals surface area contributed by atoms with Crippen LogP contribution in [0.25, 0.3) is 0 Å². The van der Waals surface area contributed by atoms with E-state index in [1.807, 2.05) is 47.8 Å². The number of benzene rings is 2. The van der Waals surface area contributed by atoms with Crippen molar-refractivity contribution in [1.29, 1.82) is 0 Å². The Morgan fingerprint density at radius 2 is 1.66 bits per heavy atom. The molecule has 2 fully saturated rings. The molecule has 0 radical (unpaired) electrons. The molecule has 0 aliphatic carbocycles. The van der Waals surface area contributed by atoms with Crippen molar-refractivity contribution >= 4 is 57.7 Å². The predicted octanol–water partition coefficient (Wildman–Crippen LogP) is 5.11. The van der Waals surface area contributed by atoms with Crippen LogP contribution in [0.4, 0.5) is 11.4 Å². The van der Waals surface area contributed by atoms with Crippen LogP contribution in [-0.2, 0) is 14.4 Å². The van der Waals surface area contributed by atoms with Crippen LogP contribution in [0, 0.1) is 5.92 Å². The molecule has 0 unspecified atom stereocenters. The molecule has 0 saturated carbocycles. The van der Waals surface area contributed by atoms with Gasteiger partial charge in [0.25, 0.3) is 5.91 Å². The number of amides is 2. The summed E-state index contributed by atoms with van der Waals surface area (Å²) in [5.41, 5.74) is 1.19. The van der Waals surface area contributed by atoms with Crippen molar-refractivity contribution in [2.45, 2.75) is 12.1 Å². The van der Waals surface area contributed by atoms with E-state index in [0.29, 0.717) is 10.7 Å². The summed E-state index contributed by atoms with van der Waals surface area (Å²) < 4.78 is 0. The van der Waals surface area contributed by atoms with E-state index in [2.05, 4.69) is 0 Å². The number of rotatable bonds is 3. The maximum Gasteiger partial charge on any atom is 0.266 e. The monoisotopic (exact) mass is 444 g/mol. The highest BCUT2D eigenvalue weighted by Gasteiger charge is 2.60. The fraction of sp³-hybridized carbons (Fsp3) is 0.143. The van der Waals surface area contributed by atoms with Crippen LogP contribution in [0.3, 0.4) is 0 Å². The lowest BCUT2D eigenvalue weighted by Crippen LogP contribution is -2.37. The topological polar surface area (TPSA) is 49.9 Å². The number of nitrogens with zero attached hydrogens (tertiary/aromatic N) is 2. The first-order valence-corrected chi connectivity index (χ1v) is 10.6. The summed E-state index contributed by atoms with van der Waals surface area (Å²) in [7, 11) is 0. The average molecular weight is 445 g/mol. The molecule has 2 aliphatic heterocycles. The molecule has 5 nitrogen and oxygen atoms in total. The summed E-state index contributed by atoms with van der Waals surface area (Å²) >= 11 is 13.6. The molecule has 2 aliphatic rings. The summed E-state index contributed by atoms with van der Waals surface area (Å²) in [6.45, 7) is 0. The molecule has 2 saturated heterocycles. The Morgan fingerprint density at radius 3 is 2.34 bits per heavy atom. The summed E-state index contributed by atoms with van der Waals surface area (Å²) in [6.07, 6.45) is -0.899. The normalized spacial score (nSPS) is 23.7. The maximum absolute atomic E-state index is 13.4. The van der Waals surface area contributed by atoms with E-state index in [0.717, 1.165) is 15.5 Å². The third-order valence-electron chi connectivity index (χ3n) is 5.12. The number of halogens is 2. The van der Waals surface area contributed by atoms with Gasteiger partial charge in [-0.2, -0.15) is 0 Å². The first-order chi connectivity index (χ1) is 14.1. The molecule has 29 heavy (non-hydrogen) atoms. The van der Waals surface area contributed by atoms with Gasteiger partial charge in [-0.25, -0.2) is 9.96 Å². The number of hydrogen-bond donors (Lipinski definition) is 0. The molecule has 0 N–H and O–H groups in total. The lowest BCUT2D eigenvalue weighted by Gasteiger charge is -2.27. The molecule has 2 amide bonds. The fourth-order valence-corrected chi connectivity index (χ4v) is 4.99. The number of carbonyl (C=O) groups is 2. The van der Waals surface area contributed by atoms with Crippen molar-refractivity contribution in [3.63, 3.8) is 0 Å². The van der Waals surface area contributed by atoms with Crippen LogP contribution in [0.15, 0.2) is 66.0 Å². The van der Waals surface area contributed by atoms with Gasteiger partial charge >= 0.3 is 0 Å². The highest BCUT2D eigenvalue weighted by molar-refractivity contribution is 7.10. The number of fused-ring (bicyclic) bond motifs is 1. The number of hydroxylamine groups is 1. The van der Waals surface area contributed by atoms with Crippen molar-refractivity contribution < 1.29 is 14.4 Å². The standard InChI is InChI=1S/C21H14Cl2N2O3S/c22-14-9-8-13(11-15(14)23)24-20(26)17-18(16-7-4-10-29-16)25(28-19(17)21(24)27)12-5-2-1-3-6-12/h1-11,17-19H/t17-,18+,19+/m0/s1. The van der Waals surface area contributed by atoms with E-state index in [1.54, 1.807) is 17.2 Å². The zero-order chi connectivity index (χ0) is 20.1. The smallest absolute Gasteiger partial charge is 0.266 e. The largest absolute Gasteiger partial charge is 0.273 e. The second-order valence-electron chi connectivity index (χ2n) is 6.78. The molecular formula is C21H14Cl2N2O3S. The van der Waals surface area contributed by atoms with Gasteiger partial charge in [0.15, 0.2) is 6.10 Å². The molecule has 2 aromatic carbocycles.